The molecule has 3 aromatic rings. The van der Waals surface area contributed by atoms with Crippen molar-refractivity contribution in [1.82, 2.24) is 0 Å². The lowest BCUT2D eigenvalue weighted by Gasteiger charge is -2.46. The minimum atomic E-state index is -1.83. The van der Waals surface area contributed by atoms with Crippen LogP contribution in [0, 0.1) is 5.92 Å². The Kier molecular flexibility index (Phi) is 8.22. The van der Waals surface area contributed by atoms with Crippen molar-refractivity contribution >= 4 is 11.0 Å². The summed E-state index contributed by atoms with van der Waals surface area (Å²) in [5.74, 6) is -3.37. The fourth-order valence-corrected chi connectivity index (χ4v) is 5.61. The van der Waals surface area contributed by atoms with Gasteiger partial charge in [0.15, 0.2) is 17.3 Å². The van der Waals surface area contributed by atoms with E-state index < -0.39 is 88.6 Å². The molecule has 14 nitrogen and oxygen atoms in total. The molecule has 2 heterocycles. The second kappa shape index (κ2) is 11.5. The summed E-state index contributed by atoms with van der Waals surface area (Å²) in [4.78, 5) is 13.6. The number of rotatable bonds is 6. The first-order chi connectivity index (χ1) is 20.2. The van der Waals surface area contributed by atoms with E-state index in [1.807, 2.05) is 0 Å². The van der Waals surface area contributed by atoms with Crippen molar-refractivity contribution in [2.75, 3.05) is 6.61 Å². The molecule has 1 saturated heterocycles. The Morgan fingerprint density at radius 2 is 1.67 bits per heavy atom. The van der Waals surface area contributed by atoms with Crippen molar-refractivity contribution in [2.45, 2.75) is 75.2 Å². The van der Waals surface area contributed by atoms with E-state index in [9.17, 15) is 50.8 Å². The van der Waals surface area contributed by atoms with Gasteiger partial charge in [-0.3, -0.25) is 4.79 Å². The first kappa shape index (κ1) is 30.8. The number of aliphatic hydroxyl groups excluding tert-OH is 4. The second-order valence-electron chi connectivity index (χ2n) is 11.4. The average molecular weight is 607 g/mol. The maximum Gasteiger partial charge on any atom is 0.239 e. The molecular weight excluding hydrogens is 572 g/mol. The van der Waals surface area contributed by atoms with Crippen molar-refractivity contribution in [3.8, 4) is 40.1 Å². The summed E-state index contributed by atoms with van der Waals surface area (Å²) in [5, 5.41) is 92.4. The highest BCUT2D eigenvalue weighted by atomic mass is 16.7. The first-order valence-electron chi connectivity index (χ1n) is 13.6. The van der Waals surface area contributed by atoms with E-state index in [0.29, 0.717) is 0 Å². The van der Waals surface area contributed by atoms with Gasteiger partial charge in [0.05, 0.1) is 31.0 Å². The van der Waals surface area contributed by atoms with Crippen LogP contribution in [0.3, 0.4) is 0 Å². The Hall–Kier alpha value is -3.63. The molecule has 0 bridgehead atoms. The maximum absolute atomic E-state index is 13.6. The quantitative estimate of drug-likeness (QED) is 0.173. The molecule has 234 valence electrons. The van der Waals surface area contributed by atoms with E-state index in [1.165, 1.54) is 13.0 Å². The zero-order valence-electron chi connectivity index (χ0n) is 23.2. The third kappa shape index (κ3) is 5.70. The van der Waals surface area contributed by atoms with Crippen molar-refractivity contribution in [3.05, 3.63) is 40.6 Å². The number of phenols is 4. The highest BCUT2D eigenvalue weighted by Crippen LogP contribution is 2.40. The first-order valence-corrected chi connectivity index (χ1v) is 13.6. The van der Waals surface area contributed by atoms with Gasteiger partial charge in [0.25, 0.3) is 0 Å². The lowest BCUT2D eigenvalue weighted by atomic mass is 9.74. The van der Waals surface area contributed by atoms with Crippen LogP contribution in [0.1, 0.15) is 26.7 Å². The molecule has 1 saturated carbocycles. The molecule has 14 heteroatoms. The van der Waals surface area contributed by atoms with E-state index in [2.05, 4.69) is 0 Å². The maximum atomic E-state index is 13.6. The van der Waals surface area contributed by atoms with Crippen LogP contribution in [0.15, 0.2) is 39.5 Å². The zero-order valence-corrected chi connectivity index (χ0v) is 23.2. The van der Waals surface area contributed by atoms with Gasteiger partial charge in [-0.05, 0) is 37.5 Å². The van der Waals surface area contributed by atoms with Crippen LogP contribution in [0.5, 0.6) is 28.7 Å². The van der Waals surface area contributed by atoms with Gasteiger partial charge in [0, 0.05) is 24.1 Å². The van der Waals surface area contributed by atoms with E-state index >= 15 is 0 Å². The fraction of sp³-hybridized carbons (Fsp3) is 0.483. The third-order valence-corrected chi connectivity index (χ3v) is 8.08. The van der Waals surface area contributed by atoms with E-state index in [1.54, 1.807) is 6.92 Å². The minimum absolute atomic E-state index is 0.0347. The summed E-state index contributed by atoms with van der Waals surface area (Å²) in [5.41, 5.74) is -2.98. The second-order valence-corrected chi connectivity index (χ2v) is 11.4. The van der Waals surface area contributed by atoms with Gasteiger partial charge in [0.2, 0.25) is 17.5 Å². The number of ether oxygens (including phenoxy) is 3. The van der Waals surface area contributed by atoms with Gasteiger partial charge < -0.3 is 64.6 Å². The van der Waals surface area contributed by atoms with Crippen LogP contribution in [-0.2, 0) is 9.47 Å². The van der Waals surface area contributed by atoms with E-state index in [-0.39, 0.29) is 41.7 Å². The highest BCUT2D eigenvalue weighted by Gasteiger charge is 2.50. The van der Waals surface area contributed by atoms with Gasteiger partial charge in [-0.15, -0.1) is 0 Å². The molecule has 9 atom stereocenters. The number of phenolic OH excluding ortho intramolecular Hbond substituents is 4. The van der Waals surface area contributed by atoms with Crippen molar-refractivity contribution in [1.29, 1.82) is 0 Å². The fourth-order valence-electron chi connectivity index (χ4n) is 5.61. The Bertz CT molecular complexity index is 1550. The molecule has 43 heavy (non-hydrogen) atoms. The van der Waals surface area contributed by atoms with Crippen LogP contribution >= 0.6 is 0 Å². The summed E-state index contributed by atoms with van der Waals surface area (Å²) >= 11 is 0. The number of aromatic hydroxyl groups is 4. The minimum Gasteiger partial charge on any atom is -0.508 e. The topological polar surface area (TPSA) is 240 Å². The Labute approximate surface area is 244 Å². The monoisotopic (exact) mass is 606 g/mol. The van der Waals surface area contributed by atoms with Crippen molar-refractivity contribution < 1.29 is 64.6 Å². The van der Waals surface area contributed by atoms with Crippen LogP contribution in [0.4, 0.5) is 0 Å². The van der Waals surface area contributed by atoms with Crippen molar-refractivity contribution in [2.24, 2.45) is 5.92 Å². The molecule has 9 unspecified atom stereocenters. The van der Waals surface area contributed by atoms with Gasteiger partial charge >= 0.3 is 0 Å². The molecule has 2 aliphatic rings. The van der Waals surface area contributed by atoms with Crippen LogP contribution in [-0.4, -0.2) is 101 Å². The lowest BCUT2D eigenvalue weighted by molar-refractivity contribution is -0.258. The van der Waals surface area contributed by atoms with Crippen LogP contribution in [0.25, 0.3) is 22.3 Å². The standard InChI is InChI=1S/C29H34O14/c1-11-5-20(27(38)29(2,39)26(11)37)40-10-14-9-18(34)22(35)28(41-14)43-25-23(36)21-17(33)7-13(30)8-19(21)42-24(25)12-3-4-15(31)16(32)6-12/h3-4,6-8,11,14,18,20,22,26-28,30-35,37-39H,5,9-10H2,1-2H3. The summed E-state index contributed by atoms with van der Waals surface area (Å²) in [6.07, 6.45) is -9.08. The molecule has 1 aliphatic carbocycles. The summed E-state index contributed by atoms with van der Waals surface area (Å²) < 4.78 is 23.2. The van der Waals surface area contributed by atoms with E-state index in [0.717, 1.165) is 24.3 Å². The van der Waals surface area contributed by atoms with Gasteiger partial charge in [-0.2, -0.15) is 0 Å². The molecule has 2 aromatic carbocycles. The van der Waals surface area contributed by atoms with E-state index in [4.69, 9.17) is 18.6 Å². The molecule has 5 rings (SSSR count). The molecule has 1 aromatic heterocycles. The molecule has 2 fully saturated rings. The Balaban J connectivity index is 1.45. The predicted molar refractivity (Wildman–Crippen MR) is 147 cm³/mol. The smallest absolute Gasteiger partial charge is 0.239 e. The molecule has 9 N–H and O–H groups in total. The SMILES string of the molecule is CC1CC(OCC2CC(O)C(O)C(Oc3c(-c4ccc(O)c(O)c4)oc4cc(O)cc(O)c4c3=O)O2)C(O)C(C)(O)C1O. The van der Waals surface area contributed by atoms with Crippen molar-refractivity contribution in [3.63, 3.8) is 0 Å². The number of hydrogen-bond donors (Lipinski definition) is 9. The molecular formula is C29H34O14. The van der Waals surface area contributed by atoms with Gasteiger partial charge in [0.1, 0.15) is 40.3 Å². The molecule has 1 aliphatic heterocycles. The Morgan fingerprint density at radius 3 is 2.37 bits per heavy atom. The average Bonchev–Trinajstić information content (AvgIpc) is 2.94. The van der Waals surface area contributed by atoms with Crippen LogP contribution in [0.2, 0.25) is 0 Å². The van der Waals surface area contributed by atoms with Gasteiger partial charge in [-0.25, -0.2) is 0 Å². The summed E-state index contributed by atoms with van der Waals surface area (Å²) in [6.45, 7) is 2.77. The predicted octanol–water partition coefficient (Wildman–Crippen LogP) is 0.396. The lowest BCUT2D eigenvalue weighted by Crippen LogP contribution is -2.62. The normalized spacial score (nSPS) is 33.0. The molecule has 0 radical (unpaired) electrons. The third-order valence-electron chi connectivity index (χ3n) is 8.08. The largest absolute Gasteiger partial charge is 0.508 e. The zero-order chi connectivity index (χ0) is 31.4. The highest BCUT2D eigenvalue weighted by molar-refractivity contribution is 5.88. The summed E-state index contributed by atoms with van der Waals surface area (Å²) in [6, 6.07) is 5.47. The van der Waals surface area contributed by atoms with Gasteiger partial charge in [-0.1, -0.05) is 6.92 Å². The molecule has 0 spiro atoms. The van der Waals surface area contributed by atoms with Crippen LogP contribution < -0.4 is 10.2 Å². The number of aliphatic hydroxyl groups is 5. The molecule has 0 amide bonds. The number of fused-ring (bicyclic) bond motifs is 1. The number of benzene rings is 2. The number of hydrogen-bond acceptors (Lipinski definition) is 14. The summed E-state index contributed by atoms with van der Waals surface area (Å²) in [7, 11) is 0. The Morgan fingerprint density at radius 1 is 0.953 bits per heavy atom.